The molecule has 10 rings (SSSR count). The fourth-order valence-electron chi connectivity index (χ4n) is 7.87. The van der Waals surface area contributed by atoms with Gasteiger partial charge in [-0.25, -0.2) is 9.97 Å². The highest BCUT2D eigenvalue weighted by Gasteiger charge is 2.51. The zero-order valence-corrected chi connectivity index (χ0v) is 25.2. The highest BCUT2D eigenvalue weighted by molar-refractivity contribution is 5.97. The highest BCUT2D eigenvalue weighted by Crippen LogP contribution is 2.63. The molecule has 6 aromatic carbocycles. The standard InChI is InChI=1S/C43H26N2O2/c1-3-7-37-33(5-1)34-6-2-4-8-38(34)43(37)39-21-31(27-9-13-29(14-10-27)41-23-44-25-46-41)17-19-35(39)36-20-18-32(22-40(36)43)28-11-15-30(16-12-28)42-24-45-26-47-42/h1-26H. The molecule has 0 saturated heterocycles. The Kier molecular flexibility index (Phi) is 5.46. The third kappa shape index (κ3) is 3.70. The molecule has 1 spiro atoms. The lowest BCUT2D eigenvalue weighted by Crippen LogP contribution is -2.26. The summed E-state index contributed by atoms with van der Waals surface area (Å²) in [6.07, 6.45) is 6.44. The third-order valence-corrected chi connectivity index (χ3v) is 9.96. The molecule has 0 fully saturated rings. The second kappa shape index (κ2) is 9.87. The van der Waals surface area contributed by atoms with Crippen molar-refractivity contribution in [3.63, 3.8) is 0 Å². The summed E-state index contributed by atoms with van der Waals surface area (Å²) in [7, 11) is 0. The average Bonchev–Trinajstić information content (AvgIpc) is 3.96. The van der Waals surface area contributed by atoms with Gasteiger partial charge in [0.2, 0.25) is 0 Å². The monoisotopic (exact) mass is 602 g/mol. The van der Waals surface area contributed by atoms with E-state index in [9.17, 15) is 0 Å². The molecule has 220 valence electrons. The molecule has 8 aromatic rings. The van der Waals surface area contributed by atoms with Crippen molar-refractivity contribution in [1.82, 2.24) is 9.97 Å². The van der Waals surface area contributed by atoms with Crippen molar-refractivity contribution < 1.29 is 8.83 Å². The molecule has 0 amide bonds. The Hall–Kier alpha value is -6.26. The first-order chi connectivity index (χ1) is 23.3. The van der Waals surface area contributed by atoms with Crippen molar-refractivity contribution >= 4 is 0 Å². The van der Waals surface area contributed by atoms with Gasteiger partial charge in [-0.3, -0.25) is 0 Å². The van der Waals surface area contributed by atoms with Crippen LogP contribution in [0.15, 0.2) is 167 Å². The quantitative estimate of drug-likeness (QED) is 0.201. The van der Waals surface area contributed by atoms with E-state index in [1.165, 1.54) is 68.4 Å². The summed E-state index contributed by atoms with van der Waals surface area (Å²) in [5.74, 6) is 1.53. The average molecular weight is 603 g/mol. The van der Waals surface area contributed by atoms with Gasteiger partial charge in [-0.1, -0.05) is 121 Å². The van der Waals surface area contributed by atoms with E-state index in [0.29, 0.717) is 0 Å². The number of hydrogen-bond donors (Lipinski definition) is 0. The van der Waals surface area contributed by atoms with Crippen LogP contribution >= 0.6 is 0 Å². The zero-order chi connectivity index (χ0) is 31.0. The first kappa shape index (κ1) is 26.0. The maximum Gasteiger partial charge on any atom is 0.181 e. The van der Waals surface area contributed by atoms with Crippen LogP contribution in [-0.2, 0) is 5.41 Å². The van der Waals surface area contributed by atoms with Gasteiger partial charge < -0.3 is 8.83 Å². The van der Waals surface area contributed by atoms with Crippen LogP contribution in [0.4, 0.5) is 0 Å². The van der Waals surface area contributed by atoms with Crippen LogP contribution < -0.4 is 0 Å². The van der Waals surface area contributed by atoms with Crippen molar-refractivity contribution in [2.24, 2.45) is 0 Å². The van der Waals surface area contributed by atoms with Gasteiger partial charge in [0.05, 0.1) is 17.8 Å². The fraction of sp³-hybridized carbons (Fsp3) is 0.0233. The van der Waals surface area contributed by atoms with Crippen LogP contribution in [0, 0.1) is 0 Å². The van der Waals surface area contributed by atoms with Gasteiger partial charge in [0, 0.05) is 11.1 Å². The Labute approximate surface area is 271 Å². The predicted octanol–water partition coefficient (Wildman–Crippen LogP) is 10.7. The van der Waals surface area contributed by atoms with Gasteiger partial charge in [-0.2, -0.15) is 0 Å². The van der Waals surface area contributed by atoms with Crippen molar-refractivity contribution in [3.05, 3.63) is 181 Å². The molecular weight excluding hydrogens is 576 g/mol. The largest absolute Gasteiger partial charge is 0.444 e. The summed E-state index contributed by atoms with van der Waals surface area (Å²) < 4.78 is 11.1. The number of rotatable bonds is 4. The molecule has 0 atom stereocenters. The van der Waals surface area contributed by atoms with Gasteiger partial charge in [-0.05, 0) is 78.9 Å². The van der Waals surface area contributed by atoms with Crippen LogP contribution in [-0.4, -0.2) is 9.97 Å². The lowest BCUT2D eigenvalue weighted by atomic mass is 9.70. The van der Waals surface area contributed by atoms with Gasteiger partial charge >= 0.3 is 0 Å². The first-order valence-electron chi connectivity index (χ1n) is 15.8. The molecule has 47 heavy (non-hydrogen) atoms. The number of benzene rings is 6. The molecule has 0 bridgehead atoms. The van der Waals surface area contributed by atoms with Gasteiger partial charge in [0.1, 0.15) is 0 Å². The van der Waals surface area contributed by atoms with E-state index < -0.39 is 5.41 Å². The Morgan fingerprint density at radius 2 is 0.745 bits per heavy atom. The summed E-state index contributed by atoms with van der Waals surface area (Å²) in [5, 5.41) is 0. The van der Waals surface area contributed by atoms with Gasteiger partial charge in [0.25, 0.3) is 0 Å². The highest BCUT2D eigenvalue weighted by atomic mass is 16.3. The van der Waals surface area contributed by atoms with Crippen molar-refractivity contribution in [1.29, 1.82) is 0 Å². The zero-order valence-electron chi connectivity index (χ0n) is 25.2. The molecule has 0 N–H and O–H groups in total. The summed E-state index contributed by atoms with van der Waals surface area (Å²) >= 11 is 0. The normalized spacial score (nSPS) is 13.3. The topological polar surface area (TPSA) is 52.1 Å². The molecule has 4 heteroatoms. The summed E-state index contributed by atoms with van der Waals surface area (Å²) in [5.41, 5.74) is 16.7. The van der Waals surface area contributed by atoms with Crippen LogP contribution in [0.2, 0.25) is 0 Å². The minimum absolute atomic E-state index is 0.441. The Morgan fingerprint density at radius 3 is 1.17 bits per heavy atom. The summed E-state index contributed by atoms with van der Waals surface area (Å²) in [6.45, 7) is 0. The minimum Gasteiger partial charge on any atom is -0.444 e. The third-order valence-electron chi connectivity index (χ3n) is 9.96. The molecule has 0 unspecified atom stereocenters. The molecule has 0 radical (unpaired) electrons. The molecular formula is C43H26N2O2. The van der Waals surface area contributed by atoms with Crippen molar-refractivity contribution in [2.45, 2.75) is 5.41 Å². The lowest BCUT2D eigenvalue weighted by Gasteiger charge is -2.31. The number of nitrogens with zero attached hydrogens (tertiary/aromatic N) is 2. The minimum atomic E-state index is -0.441. The molecule has 0 aliphatic heterocycles. The van der Waals surface area contributed by atoms with Crippen molar-refractivity contribution in [3.8, 4) is 67.2 Å². The molecule has 2 aliphatic carbocycles. The molecule has 2 aliphatic rings. The van der Waals surface area contributed by atoms with E-state index >= 15 is 0 Å². The smallest absolute Gasteiger partial charge is 0.181 e. The summed E-state index contributed by atoms with van der Waals surface area (Å²) in [6, 6.07) is 49.0. The van der Waals surface area contributed by atoms with E-state index in [4.69, 9.17) is 8.83 Å². The van der Waals surface area contributed by atoms with Crippen LogP contribution in [0.3, 0.4) is 0 Å². The van der Waals surface area contributed by atoms with Crippen LogP contribution in [0.25, 0.3) is 67.2 Å². The number of hydrogen-bond acceptors (Lipinski definition) is 4. The number of aromatic nitrogens is 2. The van der Waals surface area contributed by atoms with E-state index in [0.717, 1.165) is 33.8 Å². The fourth-order valence-corrected chi connectivity index (χ4v) is 7.87. The second-order valence-corrected chi connectivity index (χ2v) is 12.2. The van der Waals surface area contributed by atoms with Gasteiger partial charge in [0.15, 0.2) is 24.3 Å². The van der Waals surface area contributed by atoms with Crippen molar-refractivity contribution in [2.75, 3.05) is 0 Å². The first-order valence-corrected chi connectivity index (χ1v) is 15.8. The lowest BCUT2D eigenvalue weighted by molar-refractivity contribution is 0.571. The summed E-state index contributed by atoms with van der Waals surface area (Å²) in [4.78, 5) is 8.17. The second-order valence-electron chi connectivity index (χ2n) is 12.2. The SMILES string of the molecule is c1ccc2c(c1)-c1ccccc1C21c2cc(-c3ccc(-c4cnco4)cc3)ccc2-c2ccc(-c3ccc(-c4cnco4)cc3)cc21. The number of fused-ring (bicyclic) bond motifs is 10. The van der Waals surface area contributed by atoms with E-state index in [1.807, 2.05) is 0 Å². The molecule has 0 saturated carbocycles. The molecule has 2 heterocycles. The number of oxazole rings is 2. The van der Waals surface area contributed by atoms with Gasteiger partial charge in [-0.15, -0.1) is 0 Å². The Balaban J connectivity index is 1.18. The predicted molar refractivity (Wildman–Crippen MR) is 185 cm³/mol. The van der Waals surface area contributed by atoms with Crippen LogP contribution in [0.5, 0.6) is 0 Å². The Bertz CT molecular complexity index is 2260. The Morgan fingerprint density at radius 1 is 0.362 bits per heavy atom. The maximum atomic E-state index is 5.54. The van der Waals surface area contributed by atoms with E-state index in [-0.39, 0.29) is 0 Å². The molecule has 4 nitrogen and oxygen atoms in total. The van der Waals surface area contributed by atoms with E-state index in [2.05, 4.69) is 143 Å². The molecule has 2 aromatic heterocycles. The maximum absolute atomic E-state index is 5.54. The van der Waals surface area contributed by atoms with Crippen LogP contribution in [0.1, 0.15) is 22.3 Å². The van der Waals surface area contributed by atoms with E-state index in [1.54, 1.807) is 12.4 Å².